The molecule has 3 aromatic rings. The Morgan fingerprint density at radius 3 is 2.74 bits per heavy atom. The Kier molecular flexibility index (Phi) is 6.81. The van der Waals surface area contributed by atoms with Crippen molar-refractivity contribution in [3.8, 4) is 17.0 Å². The SMILES string of the molecule is CCNC(=O)c1cc2c(-c3cc(OCC[NH+]4CCCC4)c(Cl)cc3Cl)nc(N)nc2s1. The minimum absolute atomic E-state index is 0.109. The van der Waals surface area contributed by atoms with E-state index in [0.29, 0.717) is 55.3 Å². The van der Waals surface area contributed by atoms with E-state index in [1.165, 1.54) is 37.3 Å². The van der Waals surface area contributed by atoms with Crippen LogP contribution < -0.4 is 20.7 Å². The number of halogens is 2. The summed E-state index contributed by atoms with van der Waals surface area (Å²) >= 11 is 14.2. The topological polar surface area (TPSA) is 94.6 Å². The number of likely N-dealkylation sites (tertiary alicyclic amines) is 1. The molecule has 0 aliphatic carbocycles. The molecule has 0 saturated carbocycles. The molecule has 4 N–H and O–H groups in total. The second-order valence-electron chi connectivity index (χ2n) is 7.44. The number of benzene rings is 1. The van der Waals surface area contributed by atoms with Crippen LogP contribution in [-0.2, 0) is 0 Å². The van der Waals surface area contributed by atoms with E-state index in [2.05, 4.69) is 15.3 Å². The summed E-state index contributed by atoms with van der Waals surface area (Å²) in [6.45, 7) is 6.28. The standard InChI is InChI=1S/C21H23Cl2N5O2S/c1-2-25-19(29)17-10-13-18(26-21(24)27-20(13)31-17)12-9-16(15(23)11-14(12)22)30-8-7-28-5-3-4-6-28/h9-11H,2-8H2,1H3,(H,25,29)(H2,24,26,27)/p+1. The molecule has 1 aromatic carbocycles. The van der Waals surface area contributed by atoms with Gasteiger partial charge in [0.25, 0.3) is 5.91 Å². The quantitative estimate of drug-likeness (QED) is 0.482. The number of carbonyl (C=O) groups excluding carboxylic acids is 1. The van der Waals surface area contributed by atoms with Crippen molar-refractivity contribution in [2.45, 2.75) is 19.8 Å². The lowest BCUT2D eigenvalue weighted by Crippen LogP contribution is -3.10. The summed E-state index contributed by atoms with van der Waals surface area (Å²) in [4.78, 5) is 23.7. The molecule has 7 nitrogen and oxygen atoms in total. The second-order valence-corrected chi connectivity index (χ2v) is 9.28. The molecule has 1 aliphatic heterocycles. The van der Waals surface area contributed by atoms with Crippen LogP contribution in [-0.4, -0.2) is 48.7 Å². The largest absolute Gasteiger partial charge is 0.486 e. The third-order valence-electron chi connectivity index (χ3n) is 5.27. The van der Waals surface area contributed by atoms with E-state index in [1.54, 1.807) is 23.1 Å². The van der Waals surface area contributed by atoms with Crippen molar-refractivity contribution in [2.24, 2.45) is 0 Å². The van der Waals surface area contributed by atoms with Gasteiger partial charge in [-0.3, -0.25) is 4.79 Å². The number of aromatic nitrogens is 2. The molecule has 0 unspecified atom stereocenters. The zero-order valence-electron chi connectivity index (χ0n) is 17.1. The number of ether oxygens (including phenoxy) is 1. The zero-order chi connectivity index (χ0) is 22.0. The van der Waals surface area contributed by atoms with Crippen LogP contribution in [0.4, 0.5) is 5.95 Å². The number of nitrogens with one attached hydrogen (secondary N) is 2. The van der Waals surface area contributed by atoms with Gasteiger partial charge in [-0.15, -0.1) is 11.3 Å². The minimum Gasteiger partial charge on any atom is -0.486 e. The molecule has 1 aliphatic rings. The molecular formula is C21H24Cl2N5O2S+. The Morgan fingerprint density at radius 2 is 2.00 bits per heavy atom. The fourth-order valence-corrected chi connectivity index (χ4v) is 5.24. The molecule has 3 heterocycles. The first-order valence-corrected chi connectivity index (χ1v) is 11.8. The second kappa shape index (κ2) is 9.56. The van der Waals surface area contributed by atoms with Gasteiger partial charge in [-0.05, 0) is 25.1 Å². The highest BCUT2D eigenvalue weighted by atomic mass is 35.5. The van der Waals surface area contributed by atoms with Crippen molar-refractivity contribution in [2.75, 3.05) is 38.5 Å². The molecule has 1 amide bonds. The molecule has 0 bridgehead atoms. The van der Waals surface area contributed by atoms with Gasteiger partial charge < -0.3 is 20.7 Å². The van der Waals surface area contributed by atoms with Crippen LogP contribution in [0, 0.1) is 0 Å². The fraction of sp³-hybridized carbons (Fsp3) is 0.381. The van der Waals surface area contributed by atoms with E-state index in [0.717, 1.165) is 6.54 Å². The number of nitrogens with two attached hydrogens (primary N) is 1. The molecule has 2 aromatic heterocycles. The molecule has 164 valence electrons. The van der Waals surface area contributed by atoms with Crippen LogP contribution in [0.5, 0.6) is 5.75 Å². The third kappa shape index (κ3) is 4.87. The van der Waals surface area contributed by atoms with Crippen molar-refractivity contribution in [3.05, 3.63) is 33.1 Å². The van der Waals surface area contributed by atoms with Gasteiger partial charge in [0.2, 0.25) is 5.95 Å². The smallest absolute Gasteiger partial charge is 0.261 e. The average molecular weight is 481 g/mol. The zero-order valence-corrected chi connectivity index (χ0v) is 19.5. The molecule has 0 radical (unpaired) electrons. The van der Waals surface area contributed by atoms with Gasteiger partial charge in [-0.1, -0.05) is 23.2 Å². The highest BCUT2D eigenvalue weighted by Gasteiger charge is 2.20. The maximum atomic E-state index is 12.3. The Balaban J connectivity index is 1.68. The number of amides is 1. The Bertz CT molecular complexity index is 1110. The van der Waals surface area contributed by atoms with Crippen LogP contribution in [0.3, 0.4) is 0 Å². The number of hydrogen-bond donors (Lipinski definition) is 3. The lowest BCUT2D eigenvalue weighted by molar-refractivity contribution is -0.887. The summed E-state index contributed by atoms with van der Waals surface area (Å²) in [5.41, 5.74) is 7.14. The number of fused-ring (bicyclic) bond motifs is 1. The predicted molar refractivity (Wildman–Crippen MR) is 126 cm³/mol. The number of quaternary nitrogens is 1. The van der Waals surface area contributed by atoms with Crippen LogP contribution in [0.25, 0.3) is 21.5 Å². The van der Waals surface area contributed by atoms with Crippen LogP contribution in [0.2, 0.25) is 10.0 Å². The molecule has 0 atom stereocenters. The molecule has 4 rings (SSSR count). The molecule has 0 spiro atoms. The van der Waals surface area contributed by atoms with Gasteiger partial charge in [0.05, 0.1) is 33.7 Å². The van der Waals surface area contributed by atoms with Gasteiger partial charge in [0, 0.05) is 30.3 Å². The lowest BCUT2D eigenvalue weighted by atomic mass is 10.1. The number of nitrogens with zero attached hydrogens (tertiary/aromatic N) is 2. The highest BCUT2D eigenvalue weighted by Crippen LogP contribution is 2.40. The lowest BCUT2D eigenvalue weighted by Gasteiger charge is -2.15. The van der Waals surface area contributed by atoms with E-state index in [1.807, 2.05) is 6.92 Å². The summed E-state index contributed by atoms with van der Waals surface area (Å²) in [6, 6.07) is 5.20. The van der Waals surface area contributed by atoms with Gasteiger partial charge in [-0.2, -0.15) is 0 Å². The summed E-state index contributed by atoms with van der Waals surface area (Å²) in [5.74, 6) is 0.493. The maximum absolute atomic E-state index is 12.3. The number of carbonyl (C=O) groups is 1. The normalized spacial score (nSPS) is 14.3. The minimum atomic E-state index is -0.161. The number of nitrogen functional groups attached to an aromatic ring is 1. The third-order valence-corrected chi connectivity index (χ3v) is 6.91. The van der Waals surface area contributed by atoms with E-state index in [4.69, 9.17) is 33.7 Å². The first kappa shape index (κ1) is 22.1. The van der Waals surface area contributed by atoms with Gasteiger partial charge in [-0.25, -0.2) is 9.97 Å². The summed E-state index contributed by atoms with van der Waals surface area (Å²) in [5, 5.41) is 4.37. The number of thiophene rings is 1. The molecule has 1 fully saturated rings. The molecule has 10 heteroatoms. The average Bonchev–Trinajstić information content (AvgIpc) is 3.39. The number of hydrogen-bond acceptors (Lipinski definition) is 6. The summed E-state index contributed by atoms with van der Waals surface area (Å²) in [7, 11) is 0. The first-order valence-electron chi connectivity index (χ1n) is 10.3. The molecule has 31 heavy (non-hydrogen) atoms. The van der Waals surface area contributed by atoms with Crippen LogP contribution >= 0.6 is 34.5 Å². The highest BCUT2D eigenvalue weighted by molar-refractivity contribution is 7.20. The molecule has 1 saturated heterocycles. The van der Waals surface area contributed by atoms with Crippen molar-refractivity contribution < 1.29 is 14.4 Å². The van der Waals surface area contributed by atoms with Crippen LogP contribution in [0.15, 0.2) is 18.2 Å². The number of rotatable bonds is 7. The first-order chi connectivity index (χ1) is 15.0. The summed E-state index contributed by atoms with van der Waals surface area (Å²) in [6.07, 6.45) is 2.54. The van der Waals surface area contributed by atoms with E-state index in [9.17, 15) is 4.79 Å². The van der Waals surface area contributed by atoms with Crippen LogP contribution in [0.1, 0.15) is 29.4 Å². The van der Waals surface area contributed by atoms with E-state index >= 15 is 0 Å². The Morgan fingerprint density at radius 1 is 1.23 bits per heavy atom. The van der Waals surface area contributed by atoms with Crippen molar-refractivity contribution in [3.63, 3.8) is 0 Å². The van der Waals surface area contributed by atoms with Gasteiger partial charge in [0.1, 0.15) is 23.7 Å². The Labute approximate surface area is 194 Å². The van der Waals surface area contributed by atoms with Crippen molar-refractivity contribution in [1.82, 2.24) is 15.3 Å². The van der Waals surface area contributed by atoms with Crippen molar-refractivity contribution >= 4 is 56.6 Å². The fourth-order valence-electron chi connectivity index (χ4n) is 3.75. The van der Waals surface area contributed by atoms with E-state index < -0.39 is 0 Å². The van der Waals surface area contributed by atoms with Gasteiger partial charge >= 0.3 is 0 Å². The number of anilines is 1. The van der Waals surface area contributed by atoms with Gasteiger partial charge in [0.15, 0.2) is 0 Å². The monoisotopic (exact) mass is 480 g/mol. The van der Waals surface area contributed by atoms with E-state index in [-0.39, 0.29) is 11.9 Å². The van der Waals surface area contributed by atoms with Crippen molar-refractivity contribution in [1.29, 1.82) is 0 Å². The summed E-state index contributed by atoms with van der Waals surface area (Å²) < 4.78 is 5.99. The maximum Gasteiger partial charge on any atom is 0.261 e. The molecular weight excluding hydrogens is 457 g/mol. The Hall–Kier alpha value is -2.13. The predicted octanol–water partition coefficient (Wildman–Crippen LogP) is 3.05.